The van der Waals surface area contributed by atoms with Gasteiger partial charge in [0.2, 0.25) is 0 Å². The van der Waals surface area contributed by atoms with Crippen molar-refractivity contribution in [2.45, 2.75) is 26.8 Å². The first kappa shape index (κ1) is 13.5. The highest BCUT2D eigenvalue weighted by Gasteiger charge is 2.14. The van der Waals surface area contributed by atoms with Crippen molar-refractivity contribution in [3.05, 3.63) is 28.0 Å². The Labute approximate surface area is 104 Å². The van der Waals surface area contributed by atoms with E-state index in [-0.39, 0.29) is 11.8 Å². The van der Waals surface area contributed by atoms with Crippen molar-refractivity contribution in [2.75, 3.05) is 6.54 Å². The molecule has 0 bridgehead atoms. The van der Waals surface area contributed by atoms with Crippen LogP contribution in [0.3, 0.4) is 0 Å². The Bertz CT molecular complexity index is 368. The zero-order chi connectivity index (χ0) is 12.3. The molecule has 0 aliphatic rings. The zero-order valence-corrected chi connectivity index (χ0v) is 11.3. The first-order valence-corrected chi connectivity index (χ1v) is 6.12. The van der Waals surface area contributed by atoms with E-state index in [9.17, 15) is 9.50 Å². The Hall–Kier alpha value is -0.610. The number of hydrogen-bond acceptors (Lipinski definition) is 2. The van der Waals surface area contributed by atoms with Gasteiger partial charge in [0, 0.05) is 16.1 Å². The van der Waals surface area contributed by atoms with Crippen LogP contribution in [0.25, 0.3) is 0 Å². The fourth-order valence-corrected chi connectivity index (χ4v) is 1.89. The fourth-order valence-electron chi connectivity index (χ4n) is 1.44. The van der Waals surface area contributed by atoms with E-state index in [1.807, 2.05) is 6.92 Å². The summed E-state index contributed by atoms with van der Waals surface area (Å²) in [5.41, 5.74) is 0.576. The molecule has 0 fully saturated rings. The highest BCUT2D eigenvalue weighted by Crippen LogP contribution is 2.30. The quantitative estimate of drug-likeness (QED) is 0.888. The Balaban J connectivity index is 2.86. The van der Waals surface area contributed by atoms with E-state index in [2.05, 4.69) is 35.1 Å². The Morgan fingerprint density at radius 2 is 2.00 bits per heavy atom. The lowest BCUT2D eigenvalue weighted by Gasteiger charge is -2.17. The van der Waals surface area contributed by atoms with Gasteiger partial charge in [-0.15, -0.1) is 0 Å². The smallest absolute Gasteiger partial charge is 0.166 e. The minimum absolute atomic E-state index is 0.0746. The second kappa shape index (κ2) is 5.64. The van der Waals surface area contributed by atoms with Gasteiger partial charge in [0.05, 0.1) is 0 Å². The summed E-state index contributed by atoms with van der Waals surface area (Å²) >= 11 is 3.22. The van der Waals surface area contributed by atoms with Crippen molar-refractivity contribution in [3.63, 3.8) is 0 Å². The average Bonchev–Trinajstić information content (AvgIpc) is 2.19. The van der Waals surface area contributed by atoms with Gasteiger partial charge in [-0.1, -0.05) is 29.8 Å². The van der Waals surface area contributed by atoms with E-state index >= 15 is 0 Å². The summed E-state index contributed by atoms with van der Waals surface area (Å²) in [6, 6.07) is 2.92. The largest absolute Gasteiger partial charge is 0.505 e. The van der Waals surface area contributed by atoms with Crippen molar-refractivity contribution in [1.82, 2.24) is 5.32 Å². The summed E-state index contributed by atoms with van der Waals surface area (Å²) in [6.07, 6.45) is 0. The molecule has 0 aliphatic carbocycles. The van der Waals surface area contributed by atoms with Gasteiger partial charge in [0.15, 0.2) is 11.6 Å². The maximum Gasteiger partial charge on any atom is 0.166 e. The third-order valence-electron chi connectivity index (χ3n) is 2.36. The molecule has 1 atom stereocenters. The number of hydrogen-bond donors (Lipinski definition) is 2. The molecule has 0 saturated carbocycles. The Morgan fingerprint density at radius 1 is 1.38 bits per heavy atom. The first-order chi connectivity index (χ1) is 7.41. The summed E-state index contributed by atoms with van der Waals surface area (Å²) in [6.45, 7) is 6.93. The van der Waals surface area contributed by atoms with Crippen molar-refractivity contribution in [1.29, 1.82) is 0 Å². The molecule has 90 valence electrons. The average molecular weight is 290 g/mol. The molecule has 0 aromatic heterocycles. The number of nitrogens with one attached hydrogen (secondary N) is 1. The van der Waals surface area contributed by atoms with Crippen LogP contribution in [0.1, 0.15) is 32.4 Å². The predicted molar refractivity (Wildman–Crippen MR) is 67.0 cm³/mol. The summed E-state index contributed by atoms with van der Waals surface area (Å²) in [7, 11) is 0. The molecular formula is C12H17BrFNO. The van der Waals surface area contributed by atoms with Crippen LogP contribution in [-0.4, -0.2) is 11.7 Å². The zero-order valence-electron chi connectivity index (χ0n) is 9.72. The van der Waals surface area contributed by atoms with Crippen LogP contribution < -0.4 is 5.32 Å². The fraction of sp³-hybridized carbons (Fsp3) is 0.500. The summed E-state index contributed by atoms with van der Waals surface area (Å²) in [4.78, 5) is 0. The van der Waals surface area contributed by atoms with Crippen LogP contribution in [-0.2, 0) is 0 Å². The maximum atomic E-state index is 13.3. The molecule has 0 heterocycles. The van der Waals surface area contributed by atoms with Crippen molar-refractivity contribution in [3.8, 4) is 5.75 Å². The van der Waals surface area contributed by atoms with Gasteiger partial charge in [-0.3, -0.25) is 0 Å². The number of phenolic OH excluding ortho intramolecular Hbond substituents is 1. The summed E-state index contributed by atoms with van der Waals surface area (Å²) < 4.78 is 13.9. The molecule has 0 spiro atoms. The van der Waals surface area contributed by atoms with Crippen LogP contribution in [0.5, 0.6) is 5.75 Å². The minimum atomic E-state index is -0.595. The highest BCUT2D eigenvalue weighted by molar-refractivity contribution is 9.10. The summed E-state index contributed by atoms with van der Waals surface area (Å²) in [5.74, 6) is -0.351. The molecule has 1 unspecified atom stereocenters. The van der Waals surface area contributed by atoms with E-state index in [4.69, 9.17) is 0 Å². The summed E-state index contributed by atoms with van der Waals surface area (Å²) in [5, 5.41) is 12.9. The Morgan fingerprint density at radius 3 is 2.56 bits per heavy atom. The van der Waals surface area contributed by atoms with Gasteiger partial charge >= 0.3 is 0 Å². The number of rotatable bonds is 4. The molecule has 0 saturated heterocycles. The predicted octanol–water partition coefficient (Wildman–Crippen LogP) is 3.60. The number of aromatic hydroxyl groups is 1. The van der Waals surface area contributed by atoms with E-state index in [1.165, 1.54) is 6.07 Å². The molecule has 0 aliphatic heterocycles. The van der Waals surface area contributed by atoms with E-state index in [0.717, 1.165) is 6.54 Å². The molecule has 2 N–H and O–H groups in total. The number of benzene rings is 1. The molecule has 1 aromatic rings. The molecular weight excluding hydrogens is 273 g/mol. The second-order valence-electron chi connectivity index (χ2n) is 4.35. The third-order valence-corrected chi connectivity index (χ3v) is 2.81. The molecule has 16 heavy (non-hydrogen) atoms. The lowest BCUT2D eigenvalue weighted by atomic mass is 10.1. The van der Waals surface area contributed by atoms with Gasteiger partial charge < -0.3 is 10.4 Å². The lowest BCUT2D eigenvalue weighted by Crippen LogP contribution is -2.23. The van der Waals surface area contributed by atoms with Crippen LogP contribution in [0.4, 0.5) is 4.39 Å². The lowest BCUT2D eigenvalue weighted by molar-refractivity contribution is 0.410. The molecule has 1 aromatic carbocycles. The standard InChI is InChI=1S/C12H17BrFNO/c1-7(2)6-15-8(3)10-4-9(13)5-11(14)12(10)16/h4-5,7-8,15-16H,6H2,1-3H3. The topological polar surface area (TPSA) is 32.3 Å². The van der Waals surface area contributed by atoms with Crippen molar-refractivity contribution >= 4 is 15.9 Å². The molecule has 4 heteroatoms. The van der Waals surface area contributed by atoms with Crippen molar-refractivity contribution < 1.29 is 9.50 Å². The van der Waals surface area contributed by atoms with Gasteiger partial charge in [-0.05, 0) is 31.5 Å². The SMILES string of the molecule is CC(C)CNC(C)c1cc(Br)cc(F)c1O. The van der Waals surface area contributed by atoms with E-state index < -0.39 is 5.82 Å². The van der Waals surface area contributed by atoms with Gasteiger partial charge in [0.1, 0.15) is 0 Å². The molecule has 2 nitrogen and oxygen atoms in total. The normalized spacial score (nSPS) is 13.1. The third kappa shape index (κ3) is 3.46. The number of halogens is 2. The van der Waals surface area contributed by atoms with Gasteiger partial charge in [-0.25, -0.2) is 4.39 Å². The van der Waals surface area contributed by atoms with Gasteiger partial charge in [-0.2, -0.15) is 0 Å². The highest BCUT2D eigenvalue weighted by atomic mass is 79.9. The van der Waals surface area contributed by atoms with Crippen LogP contribution in [0, 0.1) is 11.7 Å². The van der Waals surface area contributed by atoms with Crippen LogP contribution in [0.15, 0.2) is 16.6 Å². The first-order valence-electron chi connectivity index (χ1n) is 5.33. The molecule has 0 amide bonds. The molecule has 0 radical (unpaired) electrons. The van der Waals surface area contributed by atoms with E-state index in [1.54, 1.807) is 6.07 Å². The second-order valence-corrected chi connectivity index (χ2v) is 5.26. The Kier molecular flexibility index (Phi) is 4.74. The monoisotopic (exact) mass is 289 g/mol. The van der Waals surface area contributed by atoms with E-state index in [0.29, 0.717) is 16.0 Å². The molecule has 1 rings (SSSR count). The number of phenols is 1. The van der Waals surface area contributed by atoms with Crippen molar-refractivity contribution in [2.24, 2.45) is 5.92 Å². The van der Waals surface area contributed by atoms with Crippen LogP contribution >= 0.6 is 15.9 Å². The van der Waals surface area contributed by atoms with Gasteiger partial charge in [0.25, 0.3) is 0 Å². The minimum Gasteiger partial charge on any atom is -0.505 e. The van der Waals surface area contributed by atoms with Crippen LogP contribution in [0.2, 0.25) is 0 Å². The maximum absolute atomic E-state index is 13.3.